The van der Waals surface area contributed by atoms with Crippen LogP contribution in [0.2, 0.25) is 0 Å². The van der Waals surface area contributed by atoms with E-state index < -0.39 is 11.8 Å². The molecule has 0 aliphatic rings. The Bertz CT molecular complexity index is 1060. The molecule has 0 heterocycles. The molecule has 34 heavy (non-hydrogen) atoms. The zero-order chi connectivity index (χ0) is 25.3. The Morgan fingerprint density at radius 1 is 0.853 bits per heavy atom. The predicted octanol–water partition coefficient (Wildman–Crippen LogP) is 2.38. The van der Waals surface area contributed by atoms with Crippen molar-refractivity contribution in [3.8, 4) is 17.2 Å². The first-order valence-electron chi connectivity index (χ1n) is 10.3. The number of anilines is 1. The Morgan fingerprint density at radius 3 is 2.03 bits per heavy atom. The van der Waals surface area contributed by atoms with Crippen molar-refractivity contribution < 1.29 is 28.6 Å². The average Bonchev–Trinajstić information content (AvgIpc) is 2.82. The van der Waals surface area contributed by atoms with Gasteiger partial charge in [-0.15, -0.1) is 0 Å². The van der Waals surface area contributed by atoms with E-state index in [1.807, 2.05) is 32.0 Å². The van der Waals surface area contributed by atoms with Crippen LogP contribution in [0.3, 0.4) is 0 Å². The number of thiocarbonyl (C=S) groups is 1. The topological polar surface area (TPSA) is 127 Å². The van der Waals surface area contributed by atoms with E-state index in [9.17, 15) is 14.4 Å². The average molecular weight is 489 g/mol. The molecule has 0 aliphatic carbocycles. The van der Waals surface area contributed by atoms with E-state index in [0.29, 0.717) is 22.9 Å². The lowest BCUT2D eigenvalue weighted by Crippen LogP contribution is -2.48. The van der Waals surface area contributed by atoms with Crippen LogP contribution in [0.1, 0.15) is 34.3 Å². The van der Waals surface area contributed by atoms with E-state index in [2.05, 4.69) is 21.5 Å². The predicted molar refractivity (Wildman–Crippen MR) is 131 cm³/mol. The minimum absolute atomic E-state index is 0.0224. The fourth-order valence-electron chi connectivity index (χ4n) is 3.00. The van der Waals surface area contributed by atoms with Crippen LogP contribution >= 0.6 is 12.2 Å². The number of hydrogen-bond acceptors (Lipinski definition) is 7. The summed E-state index contributed by atoms with van der Waals surface area (Å²) >= 11 is 5.04. The van der Waals surface area contributed by atoms with Gasteiger partial charge in [0.25, 0.3) is 5.91 Å². The van der Waals surface area contributed by atoms with Gasteiger partial charge in [-0.3, -0.25) is 30.6 Å². The van der Waals surface area contributed by atoms with Crippen LogP contribution in [-0.4, -0.2) is 44.2 Å². The van der Waals surface area contributed by atoms with E-state index in [1.54, 1.807) is 0 Å². The summed E-state index contributed by atoms with van der Waals surface area (Å²) in [6, 6.07) is 8.60. The highest BCUT2D eigenvalue weighted by Crippen LogP contribution is 2.38. The van der Waals surface area contributed by atoms with Crippen LogP contribution in [0.5, 0.6) is 17.2 Å². The molecule has 0 saturated carbocycles. The summed E-state index contributed by atoms with van der Waals surface area (Å²) < 4.78 is 15.7. The molecule has 11 heteroatoms. The molecule has 4 N–H and O–H groups in total. The van der Waals surface area contributed by atoms with Crippen molar-refractivity contribution in [1.82, 2.24) is 16.2 Å². The molecular formula is C23H28N4O6S. The van der Waals surface area contributed by atoms with Gasteiger partial charge in [0.15, 0.2) is 16.6 Å². The van der Waals surface area contributed by atoms with Gasteiger partial charge in [-0.25, -0.2) is 0 Å². The zero-order valence-corrected chi connectivity index (χ0v) is 20.5. The fraction of sp³-hybridized carbons (Fsp3) is 0.304. The Kier molecular flexibility index (Phi) is 9.62. The molecule has 0 atom stereocenters. The third-order valence-corrected chi connectivity index (χ3v) is 4.91. The van der Waals surface area contributed by atoms with Crippen LogP contribution in [0.4, 0.5) is 5.69 Å². The van der Waals surface area contributed by atoms with Crippen molar-refractivity contribution in [2.24, 2.45) is 0 Å². The molecule has 0 bridgehead atoms. The SMILES string of the molecule is COc1cc(C(=O)NC(=S)NNC(=O)CCC(=O)Nc2ccc(C)cc2C)cc(OC)c1OC. The number of carbonyl (C=O) groups excluding carboxylic acids is 3. The number of hydrogen-bond donors (Lipinski definition) is 4. The first kappa shape index (κ1) is 26.4. The van der Waals surface area contributed by atoms with Crippen LogP contribution in [0.15, 0.2) is 30.3 Å². The Hall–Kier alpha value is -3.86. The molecule has 0 unspecified atom stereocenters. The largest absolute Gasteiger partial charge is 0.493 e. The smallest absolute Gasteiger partial charge is 0.257 e. The third kappa shape index (κ3) is 7.34. The molecule has 0 aliphatic heterocycles. The summed E-state index contributed by atoms with van der Waals surface area (Å²) in [5.41, 5.74) is 7.71. The zero-order valence-electron chi connectivity index (χ0n) is 19.7. The lowest BCUT2D eigenvalue weighted by molar-refractivity contribution is -0.124. The van der Waals surface area contributed by atoms with E-state index in [1.165, 1.54) is 33.5 Å². The molecule has 182 valence electrons. The van der Waals surface area contributed by atoms with Gasteiger partial charge in [-0.2, -0.15) is 0 Å². The van der Waals surface area contributed by atoms with Gasteiger partial charge in [0.2, 0.25) is 17.6 Å². The maximum atomic E-state index is 12.5. The molecule has 0 fully saturated rings. The number of benzene rings is 2. The minimum atomic E-state index is -0.557. The highest BCUT2D eigenvalue weighted by molar-refractivity contribution is 7.80. The summed E-state index contributed by atoms with van der Waals surface area (Å²) in [4.78, 5) is 36.7. The third-order valence-electron chi connectivity index (χ3n) is 4.70. The van der Waals surface area contributed by atoms with Crippen molar-refractivity contribution >= 4 is 40.7 Å². The Morgan fingerprint density at radius 2 is 1.47 bits per heavy atom. The monoisotopic (exact) mass is 488 g/mol. The highest BCUT2D eigenvalue weighted by Gasteiger charge is 2.18. The molecule has 3 amide bonds. The molecule has 2 aromatic rings. The van der Waals surface area contributed by atoms with E-state index in [4.69, 9.17) is 26.4 Å². The van der Waals surface area contributed by atoms with Crippen molar-refractivity contribution in [2.45, 2.75) is 26.7 Å². The number of aryl methyl sites for hydroxylation is 2. The molecule has 0 saturated heterocycles. The molecular weight excluding hydrogens is 460 g/mol. The number of methoxy groups -OCH3 is 3. The Labute approximate surface area is 203 Å². The van der Waals surface area contributed by atoms with Gasteiger partial charge in [0.1, 0.15) is 0 Å². The Balaban J connectivity index is 1.82. The second kappa shape index (κ2) is 12.4. The summed E-state index contributed by atoms with van der Waals surface area (Å²) in [5.74, 6) is -0.368. The molecule has 2 rings (SSSR count). The molecule has 2 aromatic carbocycles. The summed E-state index contributed by atoms with van der Waals surface area (Å²) in [5, 5.41) is 5.08. The standard InChI is InChI=1S/C23H28N4O6S/c1-13-6-7-16(14(2)10-13)24-19(28)8-9-20(29)26-27-23(34)25-22(30)15-11-17(31-3)21(33-5)18(12-15)32-4/h6-7,10-12H,8-9H2,1-5H3,(H,24,28)(H,26,29)(H2,25,27,30,34). The first-order valence-corrected chi connectivity index (χ1v) is 10.7. The minimum Gasteiger partial charge on any atom is -0.493 e. The van der Waals surface area contributed by atoms with Gasteiger partial charge in [0.05, 0.1) is 21.3 Å². The van der Waals surface area contributed by atoms with E-state index >= 15 is 0 Å². The molecule has 10 nitrogen and oxygen atoms in total. The van der Waals surface area contributed by atoms with Gasteiger partial charge in [-0.05, 0) is 49.8 Å². The van der Waals surface area contributed by atoms with Crippen molar-refractivity contribution in [3.63, 3.8) is 0 Å². The molecule has 0 radical (unpaired) electrons. The van der Waals surface area contributed by atoms with Crippen LogP contribution in [0.25, 0.3) is 0 Å². The quantitative estimate of drug-likeness (QED) is 0.330. The summed E-state index contributed by atoms with van der Waals surface area (Å²) in [6.07, 6.45) is -0.0986. The fourth-order valence-corrected chi connectivity index (χ4v) is 3.15. The lowest BCUT2D eigenvalue weighted by atomic mass is 10.1. The van der Waals surface area contributed by atoms with Gasteiger partial charge < -0.3 is 19.5 Å². The number of amides is 3. The van der Waals surface area contributed by atoms with E-state index in [0.717, 1.165) is 11.1 Å². The number of rotatable bonds is 8. The first-order chi connectivity index (χ1) is 16.2. The maximum absolute atomic E-state index is 12.5. The summed E-state index contributed by atoms with van der Waals surface area (Å²) in [7, 11) is 4.32. The van der Waals surface area contributed by atoms with Gasteiger partial charge in [0, 0.05) is 24.1 Å². The van der Waals surface area contributed by atoms with Gasteiger partial charge >= 0.3 is 0 Å². The molecule has 0 aromatic heterocycles. The molecule has 0 spiro atoms. The lowest BCUT2D eigenvalue weighted by Gasteiger charge is -2.15. The second-order valence-corrected chi connectivity index (χ2v) is 7.65. The number of hydrazine groups is 1. The maximum Gasteiger partial charge on any atom is 0.257 e. The normalized spacial score (nSPS) is 10.0. The van der Waals surface area contributed by atoms with Crippen molar-refractivity contribution in [1.29, 1.82) is 0 Å². The highest BCUT2D eigenvalue weighted by atomic mass is 32.1. The van der Waals surface area contributed by atoms with Crippen LogP contribution < -0.4 is 35.7 Å². The summed E-state index contributed by atoms with van der Waals surface area (Å²) in [6.45, 7) is 3.86. The van der Waals surface area contributed by atoms with Crippen molar-refractivity contribution in [3.05, 3.63) is 47.0 Å². The number of ether oxygens (including phenoxy) is 3. The van der Waals surface area contributed by atoms with Crippen LogP contribution in [-0.2, 0) is 9.59 Å². The van der Waals surface area contributed by atoms with Crippen LogP contribution in [0, 0.1) is 13.8 Å². The number of carbonyl (C=O) groups is 3. The second-order valence-electron chi connectivity index (χ2n) is 7.24. The number of nitrogens with one attached hydrogen (secondary N) is 4. The van der Waals surface area contributed by atoms with Crippen molar-refractivity contribution in [2.75, 3.05) is 26.6 Å². The van der Waals surface area contributed by atoms with Gasteiger partial charge in [-0.1, -0.05) is 17.7 Å². The van der Waals surface area contributed by atoms with E-state index in [-0.39, 0.29) is 29.4 Å².